The summed E-state index contributed by atoms with van der Waals surface area (Å²) in [6.07, 6.45) is 1.64. The standard InChI is InChI=1S/C16H11ClFNO/c1-9-7-10(18)5-6-11(9)16(20)13-8-19-15-12(13)3-2-4-14(15)17/h2-8,19H,1H3. The molecule has 0 fully saturated rings. The maximum Gasteiger partial charge on any atom is 0.195 e. The van der Waals surface area contributed by atoms with Crippen molar-refractivity contribution in [1.82, 2.24) is 4.98 Å². The SMILES string of the molecule is Cc1cc(F)ccc1C(=O)c1c[nH]c2c(Cl)cccc12. The second kappa shape index (κ2) is 4.76. The number of hydrogen-bond acceptors (Lipinski definition) is 1. The lowest BCUT2D eigenvalue weighted by Crippen LogP contribution is -2.03. The average molecular weight is 288 g/mol. The van der Waals surface area contributed by atoms with Gasteiger partial charge in [0.2, 0.25) is 0 Å². The summed E-state index contributed by atoms with van der Waals surface area (Å²) in [6.45, 7) is 1.72. The maximum absolute atomic E-state index is 13.1. The molecule has 0 spiro atoms. The van der Waals surface area contributed by atoms with Gasteiger partial charge < -0.3 is 4.98 Å². The molecule has 2 aromatic carbocycles. The molecule has 2 nitrogen and oxygen atoms in total. The Kier molecular flexibility index (Phi) is 3.07. The third-order valence-corrected chi connectivity index (χ3v) is 3.66. The van der Waals surface area contributed by atoms with Crippen LogP contribution in [0.25, 0.3) is 10.9 Å². The molecule has 1 aromatic heterocycles. The van der Waals surface area contributed by atoms with Crippen LogP contribution in [0, 0.1) is 12.7 Å². The molecule has 20 heavy (non-hydrogen) atoms. The van der Waals surface area contributed by atoms with Crippen molar-refractivity contribution in [2.45, 2.75) is 6.92 Å². The number of aromatic amines is 1. The van der Waals surface area contributed by atoms with Crippen LogP contribution in [0.2, 0.25) is 5.02 Å². The second-order valence-corrected chi connectivity index (χ2v) is 5.06. The molecule has 100 valence electrons. The highest BCUT2D eigenvalue weighted by atomic mass is 35.5. The van der Waals surface area contributed by atoms with Crippen molar-refractivity contribution in [1.29, 1.82) is 0 Å². The van der Waals surface area contributed by atoms with Gasteiger partial charge in [-0.15, -0.1) is 0 Å². The molecule has 1 heterocycles. The summed E-state index contributed by atoms with van der Waals surface area (Å²) in [4.78, 5) is 15.6. The number of aryl methyl sites for hydroxylation is 1. The quantitative estimate of drug-likeness (QED) is 0.692. The second-order valence-electron chi connectivity index (χ2n) is 4.65. The Balaban J connectivity index is 2.16. The zero-order valence-corrected chi connectivity index (χ0v) is 11.5. The fraction of sp³-hybridized carbons (Fsp3) is 0.0625. The van der Waals surface area contributed by atoms with Gasteiger partial charge in [0, 0.05) is 22.7 Å². The number of nitrogens with one attached hydrogen (secondary N) is 1. The topological polar surface area (TPSA) is 32.9 Å². The third-order valence-electron chi connectivity index (χ3n) is 3.34. The van der Waals surface area contributed by atoms with Gasteiger partial charge in [0.15, 0.2) is 5.78 Å². The number of hydrogen-bond donors (Lipinski definition) is 1. The Bertz CT molecular complexity index is 822. The highest BCUT2D eigenvalue weighted by Gasteiger charge is 2.17. The van der Waals surface area contributed by atoms with Crippen molar-refractivity contribution < 1.29 is 9.18 Å². The number of halogens is 2. The van der Waals surface area contributed by atoms with E-state index in [1.54, 1.807) is 25.3 Å². The molecule has 0 saturated heterocycles. The molecular weight excluding hydrogens is 277 g/mol. The van der Waals surface area contributed by atoms with E-state index in [0.29, 0.717) is 21.7 Å². The van der Waals surface area contributed by atoms with E-state index < -0.39 is 0 Å². The van der Waals surface area contributed by atoms with Crippen LogP contribution in [0.5, 0.6) is 0 Å². The molecule has 0 aliphatic rings. The highest BCUT2D eigenvalue weighted by Crippen LogP contribution is 2.27. The van der Waals surface area contributed by atoms with Crippen molar-refractivity contribution in [3.63, 3.8) is 0 Å². The summed E-state index contributed by atoms with van der Waals surface area (Å²) in [5.41, 5.74) is 2.38. The minimum absolute atomic E-state index is 0.143. The summed E-state index contributed by atoms with van der Waals surface area (Å²) >= 11 is 6.08. The van der Waals surface area contributed by atoms with Gasteiger partial charge in [-0.05, 0) is 36.8 Å². The van der Waals surface area contributed by atoms with Gasteiger partial charge in [0.1, 0.15) is 5.82 Å². The van der Waals surface area contributed by atoms with Crippen LogP contribution < -0.4 is 0 Å². The Morgan fingerprint density at radius 2 is 2.00 bits per heavy atom. The number of carbonyl (C=O) groups is 1. The first-order valence-corrected chi connectivity index (χ1v) is 6.52. The summed E-state index contributed by atoms with van der Waals surface area (Å²) < 4.78 is 13.1. The smallest absolute Gasteiger partial charge is 0.195 e. The van der Waals surface area contributed by atoms with Crippen molar-refractivity contribution in [2.75, 3.05) is 0 Å². The van der Waals surface area contributed by atoms with Gasteiger partial charge in [0.05, 0.1) is 10.5 Å². The van der Waals surface area contributed by atoms with Crippen molar-refractivity contribution in [3.8, 4) is 0 Å². The van der Waals surface area contributed by atoms with E-state index in [-0.39, 0.29) is 11.6 Å². The molecule has 4 heteroatoms. The molecule has 0 aliphatic carbocycles. The normalized spacial score (nSPS) is 10.9. The summed E-state index contributed by atoms with van der Waals surface area (Å²) in [5, 5.41) is 1.34. The van der Waals surface area contributed by atoms with Gasteiger partial charge in [-0.25, -0.2) is 4.39 Å². The van der Waals surface area contributed by atoms with E-state index in [0.717, 1.165) is 10.9 Å². The van der Waals surface area contributed by atoms with E-state index in [4.69, 9.17) is 11.6 Å². The first-order valence-electron chi connectivity index (χ1n) is 6.14. The van der Waals surface area contributed by atoms with Crippen LogP contribution in [0.4, 0.5) is 4.39 Å². The van der Waals surface area contributed by atoms with Crippen LogP contribution in [-0.2, 0) is 0 Å². The van der Waals surface area contributed by atoms with E-state index >= 15 is 0 Å². The zero-order chi connectivity index (χ0) is 14.3. The van der Waals surface area contributed by atoms with Gasteiger partial charge >= 0.3 is 0 Å². The lowest BCUT2D eigenvalue weighted by Gasteiger charge is -2.04. The molecular formula is C16H11ClFNO. The Morgan fingerprint density at radius 3 is 2.75 bits per heavy atom. The van der Waals surface area contributed by atoms with E-state index in [1.807, 2.05) is 6.07 Å². The minimum atomic E-state index is -0.346. The van der Waals surface area contributed by atoms with Crippen molar-refractivity contribution in [2.24, 2.45) is 0 Å². The predicted molar refractivity (Wildman–Crippen MR) is 77.9 cm³/mol. The number of benzene rings is 2. The van der Waals surface area contributed by atoms with Gasteiger partial charge in [0.25, 0.3) is 0 Å². The third kappa shape index (κ3) is 2.00. The number of carbonyl (C=O) groups excluding carboxylic acids is 1. The highest BCUT2D eigenvalue weighted by molar-refractivity contribution is 6.35. The van der Waals surface area contributed by atoms with E-state index in [9.17, 15) is 9.18 Å². The summed E-state index contributed by atoms with van der Waals surface area (Å²) in [6, 6.07) is 9.56. The Morgan fingerprint density at radius 1 is 1.20 bits per heavy atom. The summed E-state index contributed by atoms with van der Waals surface area (Å²) in [7, 11) is 0. The molecule has 0 atom stereocenters. The average Bonchev–Trinajstić information content (AvgIpc) is 2.83. The van der Waals surface area contributed by atoms with Crippen LogP contribution in [-0.4, -0.2) is 10.8 Å². The first kappa shape index (κ1) is 12.9. The fourth-order valence-electron chi connectivity index (χ4n) is 2.33. The Hall–Kier alpha value is -2.13. The minimum Gasteiger partial charge on any atom is -0.359 e. The van der Waals surface area contributed by atoms with Gasteiger partial charge in [-0.2, -0.15) is 0 Å². The molecule has 0 radical (unpaired) electrons. The number of aromatic nitrogens is 1. The lowest BCUT2D eigenvalue weighted by molar-refractivity contribution is 0.103. The molecule has 0 bridgehead atoms. The molecule has 0 aliphatic heterocycles. The molecule has 0 amide bonds. The van der Waals surface area contributed by atoms with Gasteiger partial charge in [-0.3, -0.25) is 4.79 Å². The van der Waals surface area contributed by atoms with Crippen LogP contribution in [0.15, 0.2) is 42.6 Å². The fourth-order valence-corrected chi connectivity index (χ4v) is 2.56. The monoisotopic (exact) mass is 287 g/mol. The Labute approximate surface area is 120 Å². The lowest BCUT2D eigenvalue weighted by atomic mass is 9.99. The summed E-state index contributed by atoms with van der Waals surface area (Å²) in [5.74, 6) is -0.489. The zero-order valence-electron chi connectivity index (χ0n) is 10.7. The maximum atomic E-state index is 13.1. The molecule has 0 unspecified atom stereocenters. The van der Waals surface area contributed by atoms with Crippen LogP contribution in [0.1, 0.15) is 21.5 Å². The predicted octanol–water partition coefficient (Wildman–Crippen LogP) is 4.50. The van der Waals surface area contributed by atoms with Gasteiger partial charge in [-0.1, -0.05) is 23.7 Å². The molecule has 3 rings (SSSR count). The molecule has 3 aromatic rings. The number of H-pyrrole nitrogens is 1. The van der Waals surface area contributed by atoms with Crippen molar-refractivity contribution in [3.05, 3.63) is 70.1 Å². The largest absolute Gasteiger partial charge is 0.359 e. The molecule has 0 saturated carbocycles. The van der Waals surface area contributed by atoms with E-state index in [2.05, 4.69) is 4.98 Å². The number of ketones is 1. The number of rotatable bonds is 2. The molecule has 1 N–H and O–H groups in total. The first-order chi connectivity index (χ1) is 9.58. The van der Waals surface area contributed by atoms with Crippen molar-refractivity contribution >= 4 is 28.3 Å². The number of para-hydroxylation sites is 1. The number of fused-ring (bicyclic) bond motifs is 1. The van der Waals surface area contributed by atoms with Crippen LogP contribution in [0.3, 0.4) is 0 Å². The van der Waals surface area contributed by atoms with Crippen LogP contribution >= 0.6 is 11.6 Å². The van der Waals surface area contributed by atoms with E-state index in [1.165, 1.54) is 18.2 Å².